The topological polar surface area (TPSA) is 66.1 Å². The van der Waals surface area contributed by atoms with Crippen LogP contribution in [0.5, 0.6) is 0 Å². The molecule has 0 spiro atoms. The Morgan fingerprint density at radius 1 is 0.933 bits per heavy atom. The van der Waals surface area contributed by atoms with Gasteiger partial charge in [0.25, 0.3) is 0 Å². The SMILES string of the molecule is CC(C)C(C(C)C)N(Cc1cnc[nH]1)S(=O)(=O)c1ccc(-c2ccc(Cl)cc2)cc1. The lowest BCUT2D eigenvalue weighted by molar-refractivity contribution is 0.195. The number of aromatic amines is 1. The van der Waals surface area contributed by atoms with Crippen molar-refractivity contribution in [1.29, 1.82) is 0 Å². The Balaban J connectivity index is 1.98. The number of halogens is 1. The molecule has 0 saturated carbocycles. The van der Waals surface area contributed by atoms with Crippen LogP contribution in [0.2, 0.25) is 5.02 Å². The number of aromatic nitrogens is 2. The fourth-order valence-corrected chi connectivity index (χ4v) is 5.91. The van der Waals surface area contributed by atoms with E-state index in [2.05, 4.69) is 37.7 Å². The average molecular weight is 446 g/mol. The molecule has 3 aromatic rings. The number of rotatable bonds is 8. The van der Waals surface area contributed by atoms with Crippen molar-refractivity contribution < 1.29 is 8.42 Å². The number of hydrogen-bond donors (Lipinski definition) is 1. The van der Waals surface area contributed by atoms with Gasteiger partial charge in [-0.2, -0.15) is 4.31 Å². The number of sulfonamides is 1. The number of nitrogens with one attached hydrogen (secondary N) is 1. The first-order valence-electron chi connectivity index (χ1n) is 10.0. The highest BCUT2D eigenvalue weighted by Gasteiger charge is 2.35. The van der Waals surface area contributed by atoms with Crippen LogP contribution in [0.4, 0.5) is 0 Å². The van der Waals surface area contributed by atoms with E-state index in [9.17, 15) is 8.42 Å². The molecule has 5 nitrogen and oxygen atoms in total. The average Bonchev–Trinajstić information content (AvgIpc) is 3.21. The number of imidazole rings is 1. The molecule has 0 unspecified atom stereocenters. The maximum absolute atomic E-state index is 13.7. The van der Waals surface area contributed by atoms with Crippen LogP contribution in [0.25, 0.3) is 11.1 Å². The number of benzene rings is 2. The summed E-state index contributed by atoms with van der Waals surface area (Å²) in [6, 6.07) is 14.4. The summed E-state index contributed by atoms with van der Waals surface area (Å²) in [7, 11) is -3.71. The van der Waals surface area contributed by atoms with E-state index < -0.39 is 10.0 Å². The summed E-state index contributed by atoms with van der Waals surface area (Å²) in [5.41, 5.74) is 2.69. The second kappa shape index (κ2) is 9.33. The summed E-state index contributed by atoms with van der Waals surface area (Å²) in [4.78, 5) is 7.36. The lowest BCUT2D eigenvalue weighted by Gasteiger charge is -2.36. The molecule has 0 aliphatic rings. The van der Waals surface area contributed by atoms with E-state index in [0.717, 1.165) is 16.8 Å². The highest BCUT2D eigenvalue weighted by atomic mass is 35.5. The van der Waals surface area contributed by atoms with E-state index in [-0.39, 0.29) is 29.3 Å². The van der Waals surface area contributed by atoms with Gasteiger partial charge in [-0.25, -0.2) is 13.4 Å². The van der Waals surface area contributed by atoms with E-state index in [1.807, 2.05) is 36.4 Å². The Kier molecular flexibility index (Phi) is 7.01. The molecule has 1 heterocycles. The van der Waals surface area contributed by atoms with Crippen molar-refractivity contribution in [1.82, 2.24) is 14.3 Å². The molecule has 3 rings (SSSR count). The highest BCUT2D eigenvalue weighted by Crippen LogP contribution is 2.30. The van der Waals surface area contributed by atoms with Gasteiger partial charge in [0.1, 0.15) is 0 Å². The maximum Gasteiger partial charge on any atom is 0.243 e. The molecular formula is C23H28ClN3O2S. The van der Waals surface area contributed by atoms with E-state index in [1.165, 1.54) is 0 Å². The third-order valence-corrected chi connectivity index (χ3v) is 7.33. The van der Waals surface area contributed by atoms with Crippen molar-refractivity contribution in [3.8, 4) is 11.1 Å². The molecule has 2 aromatic carbocycles. The number of nitrogens with zero attached hydrogens (tertiary/aromatic N) is 2. The van der Waals surface area contributed by atoms with Crippen LogP contribution >= 0.6 is 11.6 Å². The number of H-pyrrole nitrogens is 1. The van der Waals surface area contributed by atoms with Crippen molar-refractivity contribution in [2.45, 2.75) is 45.2 Å². The second-order valence-corrected chi connectivity index (χ2v) is 10.5. The molecule has 0 radical (unpaired) electrons. The van der Waals surface area contributed by atoms with E-state index >= 15 is 0 Å². The molecule has 1 N–H and O–H groups in total. The van der Waals surface area contributed by atoms with Gasteiger partial charge in [0.2, 0.25) is 10.0 Å². The molecule has 1 aromatic heterocycles. The van der Waals surface area contributed by atoms with Crippen molar-refractivity contribution >= 4 is 21.6 Å². The Hall–Kier alpha value is -2.15. The van der Waals surface area contributed by atoms with Crippen LogP contribution in [-0.4, -0.2) is 28.7 Å². The summed E-state index contributed by atoms with van der Waals surface area (Å²) < 4.78 is 29.0. The molecule has 30 heavy (non-hydrogen) atoms. The molecule has 0 fully saturated rings. The normalized spacial score (nSPS) is 12.4. The molecule has 0 saturated heterocycles. The smallest absolute Gasteiger partial charge is 0.243 e. The summed E-state index contributed by atoms with van der Waals surface area (Å²) >= 11 is 5.97. The lowest BCUT2D eigenvalue weighted by atomic mass is 9.93. The summed E-state index contributed by atoms with van der Waals surface area (Å²) in [6.07, 6.45) is 3.24. The van der Waals surface area contributed by atoms with Crippen molar-refractivity contribution in [2.75, 3.05) is 0 Å². The van der Waals surface area contributed by atoms with Crippen LogP contribution in [0.1, 0.15) is 33.4 Å². The molecule has 0 bridgehead atoms. The van der Waals surface area contributed by atoms with Gasteiger partial charge in [-0.3, -0.25) is 0 Å². The fraction of sp³-hybridized carbons (Fsp3) is 0.348. The van der Waals surface area contributed by atoms with E-state index in [0.29, 0.717) is 5.02 Å². The Labute approximate surface area is 184 Å². The van der Waals surface area contributed by atoms with Gasteiger partial charge in [0, 0.05) is 23.0 Å². The lowest BCUT2D eigenvalue weighted by Crippen LogP contribution is -2.45. The first-order valence-corrected chi connectivity index (χ1v) is 11.9. The molecule has 0 aliphatic heterocycles. The van der Waals surface area contributed by atoms with E-state index in [4.69, 9.17) is 11.6 Å². The standard InChI is InChI=1S/C23H28ClN3O2S/c1-16(2)23(17(3)4)27(14-21-13-25-15-26-21)30(28,29)22-11-7-19(8-12-22)18-5-9-20(24)10-6-18/h5-13,15-17,23H,14H2,1-4H3,(H,25,26). The zero-order chi connectivity index (χ0) is 21.9. The third kappa shape index (κ3) is 4.94. The number of hydrogen-bond acceptors (Lipinski definition) is 3. The van der Waals surface area contributed by atoms with Crippen molar-refractivity contribution in [3.05, 3.63) is 71.8 Å². The first kappa shape index (κ1) is 22.5. The predicted molar refractivity (Wildman–Crippen MR) is 122 cm³/mol. The monoisotopic (exact) mass is 445 g/mol. The minimum atomic E-state index is -3.71. The van der Waals surface area contributed by atoms with Gasteiger partial charge in [0.15, 0.2) is 0 Å². The second-order valence-electron chi connectivity index (χ2n) is 8.14. The summed E-state index contributed by atoms with van der Waals surface area (Å²) in [5, 5.41) is 0.667. The fourth-order valence-electron chi connectivity index (χ4n) is 3.92. The Morgan fingerprint density at radius 2 is 1.47 bits per heavy atom. The zero-order valence-corrected chi connectivity index (χ0v) is 19.3. The minimum Gasteiger partial charge on any atom is -0.347 e. The first-order chi connectivity index (χ1) is 14.2. The molecule has 0 amide bonds. The predicted octanol–water partition coefficient (Wildman–Crippen LogP) is 5.60. The van der Waals surface area contributed by atoms with Gasteiger partial charge in [-0.1, -0.05) is 63.6 Å². The minimum absolute atomic E-state index is 0.144. The van der Waals surface area contributed by atoms with Gasteiger partial charge >= 0.3 is 0 Å². The van der Waals surface area contributed by atoms with Crippen LogP contribution in [-0.2, 0) is 16.6 Å². The molecule has 0 atom stereocenters. The van der Waals surface area contributed by atoms with Crippen LogP contribution < -0.4 is 0 Å². The van der Waals surface area contributed by atoms with Crippen LogP contribution in [0.3, 0.4) is 0 Å². The summed E-state index contributed by atoms with van der Waals surface area (Å²) in [5.74, 6) is 0.326. The Bertz CT molecular complexity index is 1040. The van der Waals surface area contributed by atoms with E-state index in [1.54, 1.807) is 29.0 Å². The van der Waals surface area contributed by atoms with Gasteiger partial charge in [0.05, 0.1) is 17.8 Å². The van der Waals surface area contributed by atoms with Crippen LogP contribution in [0, 0.1) is 11.8 Å². The third-order valence-electron chi connectivity index (χ3n) is 5.22. The molecule has 7 heteroatoms. The van der Waals surface area contributed by atoms with Crippen LogP contribution in [0.15, 0.2) is 66.0 Å². The van der Waals surface area contributed by atoms with Gasteiger partial charge in [-0.15, -0.1) is 0 Å². The van der Waals surface area contributed by atoms with Crippen molar-refractivity contribution in [3.63, 3.8) is 0 Å². The molecular weight excluding hydrogens is 418 g/mol. The molecule has 160 valence electrons. The van der Waals surface area contributed by atoms with Gasteiger partial charge < -0.3 is 4.98 Å². The largest absolute Gasteiger partial charge is 0.347 e. The maximum atomic E-state index is 13.7. The molecule has 0 aliphatic carbocycles. The highest BCUT2D eigenvalue weighted by molar-refractivity contribution is 7.89. The quantitative estimate of drug-likeness (QED) is 0.490. The van der Waals surface area contributed by atoms with Gasteiger partial charge in [-0.05, 0) is 47.2 Å². The summed E-state index contributed by atoms with van der Waals surface area (Å²) in [6.45, 7) is 8.49. The Morgan fingerprint density at radius 3 is 1.93 bits per heavy atom. The van der Waals surface area contributed by atoms with Crippen molar-refractivity contribution in [2.24, 2.45) is 11.8 Å². The zero-order valence-electron chi connectivity index (χ0n) is 17.7.